The Labute approximate surface area is 395 Å². The van der Waals surface area contributed by atoms with Gasteiger partial charge in [0.1, 0.15) is 0 Å². The van der Waals surface area contributed by atoms with E-state index in [0.717, 1.165) is 96.2 Å². The van der Waals surface area contributed by atoms with Crippen LogP contribution in [0.3, 0.4) is 0 Å². The third-order valence-corrected chi connectivity index (χ3v) is 12.6. The summed E-state index contributed by atoms with van der Waals surface area (Å²) in [5.74, 6) is 0. The first-order chi connectivity index (χ1) is 29.7. The Bertz CT molecular complexity index is 1990. The van der Waals surface area contributed by atoms with Crippen LogP contribution in [0.25, 0.3) is 44.4 Å². The number of fused-ring (bicyclic) bond motifs is 8. The van der Waals surface area contributed by atoms with Gasteiger partial charge in [-0.3, -0.25) is 0 Å². The van der Waals surface area contributed by atoms with E-state index in [4.69, 9.17) is 19.9 Å². The predicted octanol–water partition coefficient (Wildman–Crippen LogP) is 13.3. The Morgan fingerprint density at radius 3 is 0.730 bits per heavy atom. The minimum Gasteiger partial charge on any atom is -0.657 e. The molecule has 0 unspecified atom stereocenters. The van der Waals surface area contributed by atoms with Gasteiger partial charge in [-0.25, -0.2) is 9.97 Å². The molecule has 0 N–H and O–H groups in total. The molecule has 63 heavy (non-hydrogen) atoms. The van der Waals surface area contributed by atoms with Gasteiger partial charge in [0, 0.05) is 20.1 Å². The molecule has 0 atom stereocenters. The Morgan fingerprint density at radius 1 is 0.381 bits per heavy atom. The van der Waals surface area contributed by atoms with Crippen LogP contribution in [0, 0.1) is 13.3 Å². The van der Waals surface area contributed by atoms with Crippen molar-refractivity contribution in [3.63, 3.8) is 0 Å². The number of aromatic nitrogens is 4. The molecule has 0 saturated carbocycles. The maximum absolute atomic E-state index is 5.25. The van der Waals surface area contributed by atoms with Crippen LogP contribution in [0.2, 0.25) is 0 Å². The molecule has 8 nitrogen and oxygen atoms in total. The number of hydrogen-bond donors (Lipinski definition) is 0. The van der Waals surface area contributed by atoms with Crippen molar-refractivity contribution in [3.8, 4) is 0 Å². The van der Waals surface area contributed by atoms with Crippen LogP contribution in [-0.2, 0) is 45.8 Å². The summed E-state index contributed by atoms with van der Waals surface area (Å²) in [6.07, 6.45) is 16.1. The smallest absolute Gasteiger partial charge is 0.0660 e. The summed E-state index contributed by atoms with van der Waals surface area (Å²) in [6, 6.07) is 11.2. The summed E-state index contributed by atoms with van der Waals surface area (Å²) >= 11 is 0. The molecule has 0 fully saturated rings. The summed E-state index contributed by atoms with van der Waals surface area (Å²) in [5.41, 5.74) is 19.1. The number of allylic oxidation sites excluding steroid dienone is 4. The van der Waals surface area contributed by atoms with E-state index >= 15 is 0 Å². The molecule has 7 rings (SSSR count). The molecule has 4 aliphatic rings. The second-order valence-electron chi connectivity index (χ2n) is 17.8. The zero-order chi connectivity index (χ0) is 45.4. The Kier molecular flexibility index (Phi) is 19.0. The largest absolute Gasteiger partial charge is 0.657 e. The normalized spacial score (nSPS) is 14.8. The van der Waals surface area contributed by atoms with Crippen LogP contribution in [0.4, 0.5) is 0 Å². The van der Waals surface area contributed by atoms with E-state index in [0.29, 0.717) is 24.2 Å². The zero-order valence-corrected chi connectivity index (χ0v) is 44.0. The fourth-order valence-corrected chi connectivity index (χ4v) is 8.92. The van der Waals surface area contributed by atoms with Crippen molar-refractivity contribution in [2.75, 3.05) is 0 Å². The van der Waals surface area contributed by atoms with Gasteiger partial charge < -0.3 is 29.6 Å². The Hall–Kier alpha value is -4.07. The van der Waals surface area contributed by atoms with Gasteiger partial charge in [0.2, 0.25) is 0 Å². The molecule has 9 heteroatoms. The third-order valence-electron chi connectivity index (χ3n) is 12.6. The number of nitrogens with zero attached hydrogens (tertiary/aromatic N) is 8. The fraction of sp³-hybridized carbons (Fsp3) is 0.519. The standard InChI is InChI=1S/C36H44N4.2C9H17N2.Ir/c1-9-21-22(10-2)30-18-32-25(13-5)26(14-6)34(39-32)20-36-28(16-8)27(15-7)35(40-36)19-33-24(12-4)23(11-3)31(38-33)17-29(21)37-30;2*1-8(2)10-5-6-11(7-10)9(3)4;/h17-20H,9-16H2,1-8H3;2*5-9H,1-4H3;/q-2;2*-1;. The monoisotopic (exact) mass is 1030 g/mol. The van der Waals surface area contributed by atoms with E-state index in [1.165, 1.54) is 44.5 Å². The van der Waals surface area contributed by atoms with Crippen molar-refractivity contribution in [1.82, 2.24) is 39.5 Å². The molecular formula is C54H78IrN8-4. The summed E-state index contributed by atoms with van der Waals surface area (Å²) in [4.78, 5) is 29.8. The molecule has 347 valence electrons. The molecule has 0 spiro atoms. The van der Waals surface area contributed by atoms with E-state index in [1.807, 2.05) is 0 Å². The van der Waals surface area contributed by atoms with Gasteiger partial charge in [-0.05, 0) is 178 Å². The first kappa shape index (κ1) is 51.6. The van der Waals surface area contributed by atoms with Crippen LogP contribution in [0.15, 0.2) is 49.1 Å². The van der Waals surface area contributed by atoms with Crippen molar-refractivity contribution < 1.29 is 20.1 Å². The Balaban J connectivity index is 0.000000308. The van der Waals surface area contributed by atoms with E-state index < -0.39 is 0 Å². The number of aryl methyl sites for hydroxylation is 4. The Morgan fingerprint density at radius 2 is 0.587 bits per heavy atom. The van der Waals surface area contributed by atoms with Crippen molar-refractivity contribution in [3.05, 3.63) is 107 Å². The first-order valence-corrected chi connectivity index (χ1v) is 24.0. The molecule has 1 radical (unpaired) electrons. The molecule has 0 saturated heterocycles. The fourth-order valence-electron chi connectivity index (χ4n) is 8.92. The van der Waals surface area contributed by atoms with Crippen LogP contribution < -0.4 is 9.97 Å². The molecule has 4 aliphatic heterocycles. The zero-order valence-electron chi connectivity index (χ0n) is 41.7. The molecule has 7 heterocycles. The second kappa shape index (κ2) is 23.2. The molecule has 0 amide bonds. The topological polar surface area (TPSA) is 66.9 Å². The third kappa shape index (κ3) is 11.4. The van der Waals surface area contributed by atoms with E-state index in [-0.39, 0.29) is 20.1 Å². The van der Waals surface area contributed by atoms with Crippen molar-refractivity contribution >= 4 is 44.4 Å². The van der Waals surface area contributed by atoms with Gasteiger partial charge in [0.15, 0.2) is 0 Å². The second-order valence-corrected chi connectivity index (χ2v) is 17.8. The first-order valence-electron chi connectivity index (χ1n) is 24.0. The van der Waals surface area contributed by atoms with Gasteiger partial charge in [0.25, 0.3) is 0 Å². The number of rotatable bonds is 12. The van der Waals surface area contributed by atoms with Crippen molar-refractivity contribution in [2.45, 2.75) is 186 Å². The van der Waals surface area contributed by atoms with E-state index in [2.05, 4.69) is 193 Å². The number of hydrogen-bond acceptors (Lipinski definition) is 6. The molecule has 0 aromatic carbocycles. The molecule has 0 aliphatic carbocycles. The summed E-state index contributed by atoms with van der Waals surface area (Å²) in [5, 5.41) is 0. The van der Waals surface area contributed by atoms with Crippen LogP contribution in [0.5, 0.6) is 0 Å². The minimum absolute atomic E-state index is 0. The summed E-state index contributed by atoms with van der Waals surface area (Å²) in [6.45, 7) is 39.7. The van der Waals surface area contributed by atoms with Crippen LogP contribution >= 0.6 is 0 Å². The van der Waals surface area contributed by atoms with Gasteiger partial charge in [-0.2, -0.15) is 13.3 Å². The predicted molar refractivity (Wildman–Crippen MR) is 266 cm³/mol. The van der Waals surface area contributed by atoms with Crippen LogP contribution in [-0.4, -0.2) is 53.7 Å². The van der Waals surface area contributed by atoms with Crippen molar-refractivity contribution in [1.29, 1.82) is 0 Å². The van der Waals surface area contributed by atoms with Gasteiger partial charge in [-0.1, -0.05) is 102 Å². The van der Waals surface area contributed by atoms with Gasteiger partial charge >= 0.3 is 0 Å². The maximum atomic E-state index is 5.25. The molecule has 3 aromatic rings. The average molecular weight is 1030 g/mol. The SMILES string of the molecule is CC(C)N1C=CN(C(C)C)[CH-]1.CC(C)N1C=CN(C(C)C)[CH-]1.CCC1=C(CC)c2cc3[n-]c(cc4nc(cc5[n-]c(cc1n2)c(CC)c5CC)C(CC)=C4CC)c(CC)c3CC.[Ir]. The van der Waals surface area contributed by atoms with Crippen molar-refractivity contribution in [2.24, 2.45) is 0 Å². The maximum Gasteiger partial charge on any atom is 0.0660 e. The van der Waals surface area contributed by atoms with Gasteiger partial charge in [0.05, 0.1) is 22.8 Å². The molecular weight excluding hydrogens is 953 g/mol. The average Bonchev–Trinajstić information content (AvgIpc) is 4.10. The quantitative estimate of drug-likeness (QED) is 0.166. The molecule has 3 aromatic heterocycles. The summed E-state index contributed by atoms with van der Waals surface area (Å²) in [7, 11) is 0. The van der Waals surface area contributed by atoms with E-state index in [9.17, 15) is 0 Å². The minimum atomic E-state index is 0. The summed E-state index contributed by atoms with van der Waals surface area (Å²) < 4.78 is 0. The molecule has 8 bridgehead atoms. The van der Waals surface area contributed by atoms with Crippen LogP contribution in [0.1, 0.15) is 181 Å². The van der Waals surface area contributed by atoms with E-state index in [1.54, 1.807) is 0 Å². The van der Waals surface area contributed by atoms with Gasteiger partial charge in [-0.15, -0.1) is 22.1 Å².